The van der Waals surface area contributed by atoms with E-state index in [1.165, 1.54) is 75.4 Å². The molecule has 0 N–H and O–H groups in total. The largest absolute Gasteiger partial charge is 0.311 e. The molecule has 0 saturated carbocycles. The van der Waals surface area contributed by atoms with Crippen molar-refractivity contribution in [2.24, 2.45) is 0 Å². The third-order valence-electron chi connectivity index (χ3n) is 11.6. The summed E-state index contributed by atoms with van der Waals surface area (Å²) in [4.78, 5) is 2.30. The summed E-state index contributed by atoms with van der Waals surface area (Å²) in [5.74, 6) is 0. The number of thiophene rings is 1. The molecular formula is C51H36N2S. The zero-order valence-corrected chi connectivity index (χ0v) is 30.9. The molecule has 8 aromatic carbocycles. The molecule has 0 bridgehead atoms. The van der Waals surface area contributed by atoms with Crippen LogP contribution in [0.15, 0.2) is 182 Å². The standard InChI is InChI=1S/C51H36N2S/c1-51(2)43-19-11-9-18-40(43)49-44(51)29-30-47-50(49)42-31-41-39-17-10-12-20-45(39)53(46(41)32-48(42)54-47)38-27-23-34(24-28-38)33-21-25-37(26-22-33)52(35-13-5-3-6-14-35)36-15-7-4-8-16-36/h3-32H,1-2H3. The summed E-state index contributed by atoms with van der Waals surface area (Å²) in [6.07, 6.45) is 0. The lowest BCUT2D eigenvalue weighted by molar-refractivity contribution is 0.661. The van der Waals surface area contributed by atoms with Crippen LogP contribution in [-0.4, -0.2) is 4.57 Å². The Bertz CT molecular complexity index is 3000. The molecule has 54 heavy (non-hydrogen) atoms. The van der Waals surface area contributed by atoms with Crippen LogP contribution in [0.5, 0.6) is 0 Å². The van der Waals surface area contributed by atoms with Gasteiger partial charge in [-0.1, -0.05) is 123 Å². The van der Waals surface area contributed by atoms with Crippen molar-refractivity contribution in [1.29, 1.82) is 0 Å². The third-order valence-corrected chi connectivity index (χ3v) is 12.7. The van der Waals surface area contributed by atoms with Crippen molar-refractivity contribution in [1.82, 2.24) is 4.57 Å². The summed E-state index contributed by atoms with van der Waals surface area (Å²) in [5, 5.41) is 5.33. The van der Waals surface area contributed by atoms with E-state index in [2.05, 4.69) is 205 Å². The highest BCUT2D eigenvalue weighted by Crippen LogP contribution is 2.54. The second kappa shape index (κ2) is 11.8. The van der Waals surface area contributed by atoms with Gasteiger partial charge in [-0.2, -0.15) is 0 Å². The van der Waals surface area contributed by atoms with Gasteiger partial charge < -0.3 is 9.47 Å². The molecule has 11 rings (SSSR count). The Hall–Kier alpha value is -6.42. The van der Waals surface area contributed by atoms with Crippen LogP contribution in [-0.2, 0) is 5.41 Å². The Morgan fingerprint density at radius 1 is 0.463 bits per heavy atom. The van der Waals surface area contributed by atoms with Crippen molar-refractivity contribution < 1.29 is 0 Å². The maximum absolute atomic E-state index is 2.47. The van der Waals surface area contributed by atoms with Gasteiger partial charge in [-0.3, -0.25) is 0 Å². The molecule has 0 unspecified atom stereocenters. The lowest BCUT2D eigenvalue weighted by Gasteiger charge is -2.25. The zero-order valence-electron chi connectivity index (χ0n) is 30.1. The summed E-state index contributed by atoms with van der Waals surface area (Å²) in [7, 11) is 0. The number of nitrogens with zero attached hydrogens (tertiary/aromatic N) is 2. The van der Waals surface area contributed by atoms with E-state index < -0.39 is 0 Å². The van der Waals surface area contributed by atoms with Gasteiger partial charge in [-0.05, 0) is 106 Å². The average Bonchev–Trinajstić information content (AvgIpc) is 3.83. The minimum atomic E-state index is -0.0205. The summed E-state index contributed by atoms with van der Waals surface area (Å²) in [6.45, 7) is 4.74. The van der Waals surface area contributed by atoms with E-state index in [9.17, 15) is 0 Å². The van der Waals surface area contributed by atoms with E-state index in [-0.39, 0.29) is 5.41 Å². The molecule has 0 radical (unpaired) electrons. The number of benzene rings is 8. The molecule has 0 spiro atoms. The van der Waals surface area contributed by atoms with Crippen LogP contribution in [0.4, 0.5) is 17.1 Å². The molecule has 1 aliphatic carbocycles. The minimum absolute atomic E-state index is 0.0205. The Morgan fingerprint density at radius 3 is 1.80 bits per heavy atom. The Labute approximate surface area is 318 Å². The van der Waals surface area contributed by atoms with Crippen molar-refractivity contribution >= 4 is 70.4 Å². The number of para-hydroxylation sites is 3. The zero-order chi connectivity index (χ0) is 36.0. The first-order valence-corrected chi connectivity index (χ1v) is 19.5. The molecule has 3 heteroatoms. The normalized spacial score (nSPS) is 13.1. The smallest absolute Gasteiger partial charge is 0.0555 e. The SMILES string of the molecule is CC1(C)c2ccccc2-c2c1ccc1sc3cc4c(cc3c21)c1ccccc1n4-c1ccc(-c2ccc(N(c3ccccc3)c3ccccc3)cc2)cc1. The van der Waals surface area contributed by atoms with Gasteiger partial charge in [-0.15, -0.1) is 11.3 Å². The first-order chi connectivity index (χ1) is 26.5. The maximum atomic E-state index is 2.47. The van der Waals surface area contributed by atoms with E-state index >= 15 is 0 Å². The maximum Gasteiger partial charge on any atom is 0.0555 e. The number of aromatic nitrogens is 1. The monoisotopic (exact) mass is 708 g/mol. The highest BCUT2D eigenvalue weighted by molar-refractivity contribution is 7.26. The highest BCUT2D eigenvalue weighted by atomic mass is 32.1. The van der Waals surface area contributed by atoms with E-state index in [1.807, 2.05) is 11.3 Å². The van der Waals surface area contributed by atoms with E-state index in [0.29, 0.717) is 0 Å². The predicted octanol–water partition coefficient (Wildman–Crippen LogP) is 14.6. The summed E-state index contributed by atoms with van der Waals surface area (Å²) in [6, 6.07) is 66.6. The van der Waals surface area contributed by atoms with Gasteiger partial charge in [0.15, 0.2) is 0 Å². The van der Waals surface area contributed by atoms with Crippen molar-refractivity contribution in [3.8, 4) is 27.9 Å². The lowest BCUT2D eigenvalue weighted by Crippen LogP contribution is -2.14. The van der Waals surface area contributed by atoms with Gasteiger partial charge in [0.1, 0.15) is 0 Å². The summed E-state index contributed by atoms with van der Waals surface area (Å²) in [5.41, 5.74) is 15.0. The third kappa shape index (κ3) is 4.58. The molecule has 10 aromatic rings. The molecule has 2 nitrogen and oxygen atoms in total. The van der Waals surface area contributed by atoms with E-state index in [1.54, 1.807) is 0 Å². The van der Waals surface area contributed by atoms with Gasteiger partial charge in [0.05, 0.1) is 11.0 Å². The molecule has 0 atom stereocenters. The van der Waals surface area contributed by atoms with Crippen LogP contribution >= 0.6 is 11.3 Å². The van der Waals surface area contributed by atoms with Gasteiger partial charge >= 0.3 is 0 Å². The van der Waals surface area contributed by atoms with Gasteiger partial charge in [-0.25, -0.2) is 0 Å². The molecule has 0 amide bonds. The fraction of sp³-hybridized carbons (Fsp3) is 0.0588. The molecule has 256 valence electrons. The fourth-order valence-corrected chi connectivity index (χ4v) is 10.1. The van der Waals surface area contributed by atoms with Crippen molar-refractivity contribution in [2.45, 2.75) is 19.3 Å². The van der Waals surface area contributed by atoms with Crippen molar-refractivity contribution in [3.63, 3.8) is 0 Å². The van der Waals surface area contributed by atoms with E-state index in [0.717, 1.165) is 22.7 Å². The first-order valence-electron chi connectivity index (χ1n) is 18.7. The topological polar surface area (TPSA) is 8.17 Å². The van der Waals surface area contributed by atoms with Gasteiger partial charge in [0, 0.05) is 59.1 Å². The molecule has 2 aromatic heterocycles. The van der Waals surface area contributed by atoms with Crippen molar-refractivity contribution in [2.75, 3.05) is 4.90 Å². The summed E-state index contributed by atoms with van der Waals surface area (Å²) >= 11 is 1.91. The van der Waals surface area contributed by atoms with Gasteiger partial charge in [0.2, 0.25) is 0 Å². The second-order valence-electron chi connectivity index (χ2n) is 15.0. The number of rotatable bonds is 5. The first kappa shape index (κ1) is 31.1. The quantitative estimate of drug-likeness (QED) is 0.173. The second-order valence-corrected chi connectivity index (χ2v) is 16.0. The number of anilines is 3. The van der Waals surface area contributed by atoms with E-state index in [4.69, 9.17) is 0 Å². The van der Waals surface area contributed by atoms with Crippen LogP contribution < -0.4 is 4.90 Å². The van der Waals surface area contributed by atoms with Crippen LogP contribution in [0, 0.1) is 0 Å². The Balaban J connectivity index is 1.01. The molecule has 0 saturated heterocycles. The number of fused-ring (bicyclic) bond motifs is 10. The fourth-order valence-electron chi connectivity index (χ4n) is 9.01. The molecule has 0 fully saturated rings. The van der Waals surface area contributed by atoms with Crippen LogP contribution in [0.3, 0.4) is 0 Å². The average molecular weight is 709 g/mol. The lowest BCUT2D eigenvalue weighted by atomic mass is 9.82. The summed E-state index contributed by atoms with van der Waals surface area (Å²) < 4.78 is 5.13. The molecule has 1 aliphatic rings. The number of hydrogen-bond donors (Lipinski definition) is 0. The molecule has 0 aliphatic heterocycles. The van der Waals surface area contributed by atoms with Gasteiger partial charge in [0.25, 0.3) is 0 Å². The van der Waals surface area contributed by atoms with Crippen LogP contribution in [0.2, 0.25) is 0 Å². The van der Waals surface area contributed by atoms with Crippen LogP contribution in [0.1, 0.15) is 25.0 Å². The Kier molecular flexibility index (Phi) is 6.80. The van der Waals surface area contributed by atoms with Crippen molar-refractivity contribution in [3.05, 3.63) is 193 Å². The van der Waals surface area contributed by atoms with Crippen LogP contribution in [0.25, 0.3) is 69.9 Å². The molecular weight excluding hydrogens is 673 g/mol. The molecule has 2 heterocycles. The number of hydrogen-bond acceptors (Lipinski definition) is 2. The minimum Gasteiger partial charge on any atom is -0.311 e. The highest BCUT2D eigenvalue weighted by Gasteiger charge is 2.36. The Morgan fingerprint density at radius 2 is 1.07 bits per heavy atom. The predicted molar refractivity (Wildman–Crippen MR) is 231 cm³/mol.